The molecule has 2 aromatic rings. The fourth-order valence-corrected chi connectivity index (χ4v) is 1.48. The average Bonchev–Trinajstić information content (AvgIpc) is 2.83. The van der Waals surface area contributed by atoms with E-state index >= 15 is 0 Å². The van der Waals surface area contributed by atoms with E-state index in [1.807, 2.05) is 0 Å². The summed E-state index contributed by atoms with van der Waals surface area (Å²) >= 11 is 0. The van der Waals surface area contributed by atoms with Crippen molar-refractivity contribution in [2.45, 2.75) is 19.5 Å². The second kappa shape index (κ2) is 5.91. The molecule has 0 radical (unpaired) electrons. The topological polar surface area (TPSA) is 115 Å². The average molecular weight is 303 g/mol. The number of nitrogen functional groups attached to an aromatic ring is 1. The van der Waals surface area contributed by atoms with Crippen molar-refractivity contribution in [3.05, 3.63) is 23.6 Å². The van der Waals surface area contributed by atoms with Crippen LogP contribution in [0.15, 0.2) is 10.6 Å². The lowest BCUT2D eigenvalue weighted by Gasteiger charge is -2.10. The van der Waals surface area contributed by atoms with Gasteiger partial charge in [0.2, 0.25) is 11.7 Å². The van der Waals surface area contributed by atoms with E-state index in [9.17, 15) is 13.2 Å². The highest BCUT2D eigenvalue weighted by molar-refractivity contribution is 5.47. The molecule has 0 amide bonds. The normalized spacial score (nSPS) is 11.5. The third kappa shape index (κ3) is 4.02. The molecule has 2 heterocycles. The van der Waals surface area contributed by atoms with Gasteiger partial charge in [0.25, 0.3) is 0 Å². The van der Waals surface area contributed by atoms with Gasteiger partial charge in [-0.25, -0.2) is 15.8 Å². The number of hydrogen-bond donors (Lipinski definition) is 3. The Labute approximate surface area is 116 Å². The molecule has 0 aromatic carbocycles. The highest BCUT2D eigenvalue weighted by atomic mass is 19.4. The smallest absolute Gasteiger partial charge is 0.369 e. The van der Waals surface area contributed by atoms with E-state index in [4.69, 9.17) is 10.4 Å². The fraction of sp³-hybridized carbons (Fsp3) is 0.400. The SMILES string of the molecule is Cc1nc(CCNc2cc(NN)nc(C(F)(F)F)n2)no1. The Bertz CT molecular complexity index is 613. The van der Waals surface area contributed by atoms with Gasteiger partial charge in [-0.3, -0.25) is 0 Å². The molecule has 0 bridgehead atoms. The van der Waals surface area contributed by atoms with Crippen molar-refractivity contribution in [2.75, 3.05) is 17.3 Å². The van der Waals surface area contributed by atoms with Crippen LogP contribution in [0.1, 0.15) is 17.5 Å². The van der Waals surface area contributed by atoms with Gasteiger partial charge in [0, 0.05) is 26.0 Å². The predicted octanol–water partition coefficient (Wildman–Crippen LogP) is 1.13. The largest absolute Gasteiger partial charge is 0.451 e. The number of alkyl halides is 3. The molecule has 8 nitrogen and oxygen atoms in total. The first-order valence-corrected chi connectivity index (χ1v) is 5.84. The molecule has 0 saturated heterocycles. The number of aromatic nitrogens is 4. The molecule has 11 heteroatoms. The highest BCUT2D eigenvalue weighted by Crippen LogP contribution is 2.28. The molecule has 0 fully saturated rings. The van der Waals surface area contributed by atoms with Crippen molar-refractivity contribution in [1.29, 1.82) is 0 Å². The third-order valence-corrected chi connectivity index (χ3v) is 2.35. The third-order valence-electron chi connectivity index (χ3n) is 2.35. The Morgan fingerprint density at radius 1 is 1.24 bits per heavy atom. The Morgan fingerprint density at radius 3 is 2.52 bits per heavy atom. The maximum Gasteiger partial charge on any atom is 0.451 e. The zero-order valence-electron chi connectivity index (χ0n) is 10.9. The monoisotopic (exact) mass is 303 g/mol. The Hall–Kier alpha value is -2.43. The summed E-state index contributed by atoms with van der Waals surface area (Å²) in [7, 11) is 0. The summed E-state index contributed by atoms with van der Waals surface area (Å²) < 4.78 is 42.6. The van der Waals surface area contributed by atoms with Crippen LogP contribution in [0.5, 0.6) is 0 Å². The zero-order valence-corrected chi connectivity index (χ0v) is 10.9. The molecular formula is C10H12F3N7O. The number of nitrogens with one attached hydrogen (secondary N) is 2. The summed E-state index contributed by atoms with van der Waals surface area (Å²) in [5.74, 6) is 4.52. The van der Waals surface area contributed by atoms with E-state index in [1.165, 1.54) is 6.07 Å². The second-order valence-electron chi connectivity index (χ2n) is 4.01. The molecule has 0 unspecified atom stereocenters. The van der Waals surface area contributed by atoms with Gasteiger partial charge >= 0.3 is 6.18 Å². The van der Waals surface area contributed by atoms with Crippen molar-refractivity contribution in [3.8, 4) is 0 Å². The summed E-state index contributed by atoms with van der Waals surface area (Å²) in [6, 6.07) is 1.26. The van der Waals surface area contributed by atoms with Crippen LogP contribution >= 0.6 is 0 Å². The summed E-state index contributed by atoms with van der Waals surface area (Å²) in [5, 5.41) is 6.39. The number of hydrogen-bond acceptors (Lipinski definition) is 8. The summed E-state index contributed by atoms with van der Waals surface area (Å²) in [6.45, 7) is 1.92. The number of nitrogens with two attached hydrogens (primary N) is 1. The lowest BCUT2D eigenvalue weighted by atomic mass is 10.4. The molecule has 0 atom stereocenters. The molecule has 21 heavy (non-hydrogen) atoms. The molecule has 2 aromatic heterocycles. The minimum absolute atomic E-state index is 0.00880. The molecule has 114 valence electrons. The molecule has 0 saturated carbocycles. The minimum Gasteiger partial charge on any atom is -0.369 e. The van der Waals surface area contributed by atoms with E-state index in [2.05, 4.69) is 30.9 Å². The van der Waals surface area contributed by atoms with Gasteiger partial charge in [0.15, 0.2) is 5.82 Å². The second-order valence-corrected chi connectivity index (χ2v) is 4.01. The first-order chi connectivity index (χ1) is 9.88. The molecular weight excluding hydrogens is 291 g/mol. The minimum atomic E-state index is -4.66. The highest BCUT2D eigenvalue weighted by Gasteiger charge is 2.35. The maximum atomic E-state index is 12.6. The van der Waals surface area contributed by atoms with Gasteiger partial charge in [0.05, 0.1) is 0 Å². The Balaban J connectivity index is 2.05. The van der Waals surface area contributed by atoms with Crippen LogP contribution in [0.25, 0.3) is 0 Å². The lowest BCUT2D eigenvalue weighted by molar-refractivity contribution is -0.144. The van der Waals surface area contributed by atoms with E-state index in [0.29, 0.717) is 18.1 Å². The summed E-state index contributed by atoms with van der Waals surface area (Å²) in [6.07, 6.45) is -4.29. The molecule has 2 rings (SSSR count). The van der Waals surface area contributed by atoms with Crippen LogP contribution in [-0.2, 0) is 12.6 Å². The van der Waals surface area contributed by atoms with Crippen LogP contribution in [0, 0.1) is 6.92 Å². The Kier molecular flexibility index (Phi) is 4.21. The van der Waals surface area contributed by atoms with Crippen LogP contribution in [0.3, 0.4) is 0 Å². The van der Waals surface area contributed by atoms with E-state index in [-0.39, 0.29) is 18.2 Å². The maximum absolute atomic E-state index is 12.6. The number of rotatable bonds is 5. The van der Waals surface area contributed by atoms with Gasteiger partial charge in [0.1, 0.15) is 11.6 Å². The van der Waals surface area contributed by atoms with Crippen LogP contribution in [0.4, 0.5) is 24.8 Å². The van der Waals surface area contributed by atoms with E-state index < -0.39 is 12.0 Å². The molecule has 0 aliphatic carbocycles. The van der Waals surface area contributed by atoms with Gasteiger partial charge < -0.3 is 15.3 Å². The number of halogens is 3. The van der Waals surface area contributed by atoms with Crippen molar-refractivity contribution in [3.63, 3.8) is 0 Å². The number of anilines is 2. The molecule has 0 spiro atoms. The molecule has 0 aliphatic rings. The van der Waals surface area contributed by atoms with Gasteiger partial charge in [-0.15, -0.1) is 0 Å². The predicted molar refractivity (Wildman–Crippen MR) is 66.1 cm³/mol. The lowest BCUT2D eigenvalue weighted by Crippen LogP contribution is -2.18. The molecule has 4 N–H and O–H groups in total. The van der Waals surface area contributed by atoms with Crippen LogP contribution in [0.2, 0.25) is 0 Å². The first kappa shape index (κ1) is 15.0. The fourth-order valence-electron chi connectivity index (χ4n) is 1.48. The quantitative estimate of drug-likeness (QED) is 0.556. The molecule has 0 aliphatic heterocycles. The number of nitrogens with zero attached hydrogens (tertiary/aromatic N) is 4. The zero-order chi connectivity index (χ0) is 15.5. The van der Waals surface area contributed by atoms with Gasteiger partial charge in [-0.1, -0.05) is 5.16 Å². The Morgan fingerprint density at radius 2 is 1.95 bits per heavy atom. The standard InChI is InChI=1S/C10H12F3N7O/c1-5-16-6(20-21-5)2-3-15-7-4-8(19-14)18-9(17-7)10(11,12)13/h4H,2-3,14H2,1H3,(H2,15,17,18,19). The van der Waals surface area contributed by atoms with Gasteiger partial charge in [-0.05, 0) is 0 Å². The van der Waals surface area contributed by atoms with Crippen LogP contribution < -0.4 is 16.6 Å². The van der Waals surface area contributed by atoms with Crippen molar-refractivity contribution in [1.82, 2.24) is 20.1 Å². The summed E-state index contributed by atoms with van der Waals surface area (Å²) in [4.78, 5) is 10.6. The summed E-state index contributed by atoms with van der Waals surface area (Å²) in [5.41, 5.74) is 2.06. The van der Waals surface area contributed by atoms with Crippen molar-refractivity contribution in [2.24, 2.45) is 5.84 Å². The first-order valence-electron chi connectivity index (χ1n) is 5.84. The van der Waals surface area contributed by atoms with Gasteiger partial charge in [-0.2, -0.15) is 18.2 Å². The van der Waals surface area contributed by atoms with E-state index in [1.54, 1.807) is 6.92 Å². The number of aryl methyl sites for hydroxylation is 1. The number of hydrazine groups is 1. The van der Waals surface area contributed by atoms with Crippen LogP contribution in [-0.4, -0.2) is 26.7 Å². The van der Waals surface area contributed by atoms with Crippen molar-refractivity contribution < 1.29 is 17.7 Å². The van der Waals surface area contributed by atoms with Crippen molar-refractivity contribution >= 4 is 11.6 Å². The van der Waals surface area contributed by atoms with E-state index in [0.717, 1.165) is 0 Å².